The molecule has 23 heavy (non-hydrogen) atoms. The van der Waals surface area contributed by atoms with Crippen molar-refractivity contribution in [3.63, 3.8) is 0 Å². The predicted octanol–water partition coefficient (Wildman–Crippen LogP) is 3.27. The first kappa shape index (κ1) is 15.1. The van der Waals surface area contributed by atoms with E-state index in [1.165, 1.54) is 5.56 Å². The van der Waals surface area contributed by atoms with Gasteiger partial charge in [-0.3, -0.25) is 5.10 Å². The molecule has 2 aromatic carbocycles. The summed E-state index contributed by atoms with van der Waals surface area (Å²) in [7, 11) is 0. The SMILES string of the molecule is CCc1ccc(NCCc2nc(-c3ccc(N)cc3)n[nH]2)cc1. The molecule has 5 heteroatoms. The average Bonchev–Trinajstić information content (AvgIpc) is 3.05. The second-order valence-electron chi connectivity index (χ2n) is 5.45. The van der Waals surface area contributed by atoms with Gasteiger partial charge in [0.15, 0.2) is 5.82 Å². The van der Waals surface area contributed by atoms with Crippen molar-refractivity contribution < 1.29 is 0 Å². The van der Waals surface area contributed by atoms with Gasteiger partial charge in [-0.2, -0.15) is 5.10 Å². The molecule has 3 aromatic rings. The van der Waals surface area contributed by atoms with E-state index >= 15 is 0 Å². The molecule has 0 fully saturated rings. The summed E-state index contributed by atoms with van der Waals surface area (Å²) >= 11 is 0. The van der Waals surface area contributed by atoms with Gasteiger partial charge < -0.3 is 11.1 Å². The fourth-order valence-electron chi connectivity index (χ4n) is 2.35. The van der Waals surface area contributed by atoms with Gasteiger partial charge >= 0.3 is 0 Å². The number of anilines is 2. The quantitative estimate of drug-likeness (QED) is 0.611. The molecule has 1 heterocycles. The Kier molecular flexibility index (Phi) is 4.57. The van der Waals surface area contributed by atoms with Crippen molar-refractivity contribution in [3.8, 4) is 11.4 Å². The number of nitrogens with zero attached hydrogens (tertiary/aromatic N) is 2. The average molecular weight is 307 g/mol. The molecule has 0 amide bonds. The highest BCUT2D eigenvalue weighted by molar-refractivity contribution is 5.58. The van der Waals surface area contributed by atoms with E-state index in [2.05, 4.69) is 51.7 Å². The van der Waals surface area contributed by atoms with E-state index in [1.54, 1.807) is 0 Å². The summed E-state index contributed by atoms with van der Waals surface area (Å²) in [6.45, 7) is 2.97. The number of benzene rings is 2. The van der Waals surface area contributed by atoms with Crippen LogP contribution < -0.4 is 11.1 Å². The number of aromatic amines is 1. The van der Waals surface area contributed by atoms with Crippen molar-refractivity contribution >= 4 is 11.4 Å². The number of H-pyrrole nitrogens is 1. The number of hydrogen-bond donors (Lipinski definition) is 3. The molecule has 0 aliphatic carbocycles. The highest BCUT2D eigenvalue weighted by Crippen LogP contribution is 2.16. The van der Waals surface area contributed by atoms with Crippen LogP contribution in [0.3, 0.4) is 0 Å². The van der Waals surface area contributed by atoms with Crippen molar-refractivity contribution in [2.45, 2.75) is 19.8 Å². The Bertz CT molecular complexity index is 744. The summed E-state index contributed by atoms with van der Waals surface area (Å²) in [6.07, 6.45) is 1.85. The minimum atomic E-state index is 0.701. The minimum absolute atomic E-state index is 0.701. The van der Waals surface area contributed by atoms with E-state index in [9.17, 15) is 0 Å². The molecule has 0 atom stereocenters. The van der Waals surface area contributed by atoms with Gasteiger partial charge in [0.2, 0.25) is 0 Å². The van der Waals surface area contributed by atoms with Crippen LogP contribution in [0.25, 0.3) is 11.4 Å². The Labute approximate surface area is 136 Å². The van der Waals surface area contributed by atoms with Crippen molar-refractivity contribution in [2.24, 2.45) is 0 Å². The van der Waals surface area contributed by atoms with Crippen LogP contribution in [-0.4, -0.2) is 21.7 Å². The number of nitrogens with two attached hydrogens (primary N) is 1. The third-order valence-corrected chi connectivity index (χ3v) is 3.75. The molecule has 0 radical (unpaired) electrons. The highest BCUT2D eigenvalue weighted by atomic mass is 15.2. The number of nitrogen functional groups attached to an aromatic ring is 1. The summed E-state index contributed by atoms with van der Waals surface area (Å²) in [5.74, 6) is 1.57. The van der Waals surface area contributed by atoms with Gasteiger partial charge in [-0.25, -0.2) is 4.98 Å². The van der Waals surface area contributed by atoms with Crippen LogP contribution in [0.15, 0.2) is 48.5 Å². The molecule has 0 aliphatic heterocycles. The van der Waals surface area contributed by atoms with Crippen LogP contribution >= 0.6 is 0 Å². The molecule has 3 rings (SSSR count). The van der Waals surface area contributed by atoms with Crippen molar-refractivity contribution in [1.82, 2.24) is 15.2 Å². The van der Waals surface area contributed by atoms with Crippen LogP contribution in [0.2, 0.25) is 0 Å². The number of rotatable bonds is 6. The Balaban J connectivity index is 1.55. The van der Waals surface area contributed by atoms with Gasteiger partial charge in [0.25, 0.3) is 0 Å². The van der Waals surface area contributed by atoms with E-state index in [0.29, 0.717) is 5.82 Å². The number of hydrogen-bond acceptors (Lipinski definition) is 4. The largest absolute Gasteiger partial charge is 0.399 e. The molecule has 0 bridgehead atoms. The smallest absolute Gasteiger partial charge is 0.181 e. The van der Waals surface area contributed by atoms with Crippen LogP contribution in [0.1, 0.15) is 18.3 Å². The van der Waals surface area contributed by atoms with E-state index < -0.39 is 0 Å². The van der Waals surface area contributed by atoms with Gasteiger partial charge in [-0.15, -0.1) is 0 Å². The predicted molar refractivity (Wildman–Crippen MR) is 94.2 cm³/mol. The number of aromatic nitrogens is 3. The van der Waals surface area contributed by atoms with E-state index in [1.807, 2.05) is 24.3 Å². The maximum absolute atomic E-state index is 5.69. The standard InChI is InChI=1S/C18H21N5/c1-2-13-3-9-16(10-4-13)20-12-11-17-21-18(23-22-17)14-5-7-15(19)8-6-14/h3-10,20H,2,11-12,19H2,1H3,(H,21,22,23). The number of aryl methyl sites for hydroxylation is 1. The fraction of sp³-hybridized carbons (Fsp3) is 0.222. The fourth-order valence-corrected chi connectivity index (χ4v) is 2.35. The molecule has 0 spiro atoms. The zero-order valence-corrected chi connectivity index (χ0v) is 13.2. The lowest BCUT2D eigenvalue weighted by atomic mass is 10.1. The van der Waals surface area contributed by atoms with E-state index in [0.717, 1.165) is 42.1 Å². The molecular formula is C18H21N5. The first-order valence-corrected chi connectivity index (χ1v) is 7.84. The maximum Gasteiger partial charge on any atom is 0.181 e. The Hall–Kier alpha value is -2.82. The molecule has 5 nitrogen and oxygen atoms in total. The Morgan fingerprint density at radius 3 is 2.48 bits per heavy atom. The van der Waals surface area contributed by atoms with Gasteiger partial charge in [0.1, 0.15) is 5.82 Å². The normalized spacial score (nSPS) is 10.7. The van der Waals surface area contributed by atoms with Crippen LogP contribution in [0, 0.1) is 0 Å². The Morgan fingerprint density at radius 2 is 1.78 bits per heavy atom. The van der Waals surface area contributed by atoms with Crippen molar-refractivity contribution in [2.75, 3.05) is 17.6 Å². The number of nitrogens with one attached hydrogen (secondary N) is 2. The molecule has 0 saturated carbocycles. The molecule has 0 saturated heterocycles. The lowest BCUT2D eigenvalue weighted by Crippen LogP contribution is -2.06. The summed E-state index contributed by atoms with van der Waals surface area (Å²) in [6, 6.07) is 16.1. The molecule has 1 aromatic heterocycles. The minimum Gasteiger partial charge on any atom is -0.399 e. The lowest BCUT2D eigenvalue weighted by Gasteiger charge is -2.05. The third kappa shape index (κ3) is 3.88. The summed E-state index contributed by atoms with van der Waals surface area (Å²) in [5, 5.41) is 10.6. The van der Waals surface area contributed by atoms with E-state index in [-0.39, 0.29) is 0 Å². The van der Waals surface area contributed by atoms with Gasteiger partial charge in [-0.1, -0.05) is 19.1 Å². The Morgan fingerprint density at radius 1 is 1.04 bits per heavy atom. The molecule has 4 N–H and O–H groups in total. The van der Waals surface area contributed by atoms with E-state index in [4.69, 9.17) is 5.73 Å². The third-order valence-electron chi connectivity index (χ3n) is 3.75. The molecular weight excluding hydrogens is 286 g/mol. The zero-order valence-electron chi connectivity index (χ0n) is 13.2. The second kappa shape index (κ2) is 6.96. The second-order valence-corrected chi connectivity index (χ2v) is 5.45. The topological polar surface area (TPSA) is 79.6 Å². The van der Waals surface area contributed by atoms with Gasteiger partial charge in [0.05, 0.1) is 0 Å². The molecule has 118 valence electrons. The summed E-state index contributed by atoms with van der Waals surface area (Å²) < 4.78 is 0. The first-order valence-electron chi connectivity index (χ1n) is 7.84. The lowest BCUT2D eigenvalue weighted by molar-refractivity contribution is 0.901. The van der Waals surface area contributed by atoms with Crippen molar-refractivity contribution in [1.29, 1.82) is 0 Å². The first-order chi connectivity index (χ1) is 11.2. The molecule has 0 aliphatic rings. The van der Waals surface area contributed by atoms with Crippen LogP contribution in [0.5, 0.6) is 0 Å². The van der Waals surface area contributed by atoms with Crippen LogP contribution in [-0.2, 0) is 12.8 Å². The summed E-state index contributed by atoms with van der Waals surface area (Å²) in [4.78, 5) is 4.52. The van der Waals surface area contributed by atoms with Crippen LogP contribution in [0.4, 0.5) is 11.4 Å². The monoisotopic (exact) mass is 307 g/mol. The van der Waals surface area contributed by atoms with Crippen molar-refractivity contribution in [3.05, 3.63) is 59.9 Å². The molecule has 0 unspecified atom stereocenters. The highest BCUT2D eigenvalue weighted by Gasteiger charge is 2.05. The van der Waals surface area contributed by atoms with Gasteiger partial charge in [0, 0.05) is 29.9 Å². The summed E-state index contributed by atoms with van der Waals surface area (Å²) in [5.41, 5.74) is 9.87. The maximum atomic E-state index is 5.69. The van der Waals surface area contributed by atoms with Gasteiger partial charge in [-0.05, 0) is 48.4 Å². The zero-order chi connectivity index (χ0) is 16.1.